The summed E-state index contributed by atoms with van der Waals surface area (Å²) in [6.45, 7) is 3.96. The van der Waals surface area contributed by atoms with Crippen LogP contribution < -0.4 is 4.90 Å². The third-order valence-corrected chi connectivity index (χ3v) is 3.36. The molecule has 1 aromatic heterocycles. The first-order valence-corrected chi connectivity index (χ1v) is 6.38. The average Bonchev–Trinajstić information content (AvgIpc) is 2.54. The second-order valence-electron chi connectivity index (χ2n) is 4.41. The molecule has 0 amide bonds. The molecule has 1 aromatic rings. The molecule has 0 aliphatic carbocycles. The third-order valence-electron chi connectivity index (χ3n) is 3.07. The lowest BCUT2D eigenvalue weighted by Gasteiger charge is -2.23. The van der Waals surface area contributed by atoms with Gasteiger partial charge in [0.2, 0.25) is 0 Å². The zero-order valence-electron chi connectivity index (χ0n) is 9.99. The lowest BCUT2D eigenvalue weighted by Crippen LogP contribution is -2.30. The summed E-state index contributed by atoms with van der Waals surface area (Å²) in [6, 6.07) is 1.48. The highest BCUT2D eigenvalue weighted by Crippen LogP contribution is 2.21. The highest BCUT2D eigenvalue weighted by Gasteiger charge is 2.16. The molecule has 1 saturated heterocycles. The molecule has 2 rings (SSSR count). The molecule has 3 nitrogen and oxygen atoms in total. The molecule has 17 heavy (non-hydrogen) atoms. The normalized spacial score (nSPS) is 18.2. The van der Waals surface area contributed by atoms with Crippen LogP contribution in [0.4, 0.5) is 10.2 Å². The van der Waals surface area contributed by atoms with Crippen LogP contribution in [0.1, 0.15) is 12.0 Å². The van der Waals surface area contributed by atoms with Crippen molar-refractivity contribution in [3.05, 3.63) is 23.6 Å². The number of aromatic nitrogens is 1. The van der Waals surface area contributed by atoms with E-state index in [9.17, 15) is 4.39 Å². The SMILES string of the molecule is CN1CCCN(c2ncc(F)cc2CCl)CC1. The zero-order valence-corrected chi connectivity index (χ0v) is 10.8. The standard InChI is InChI=1S/C12H17ClFN3/c1-16-3-2-4-17(6-5-16)12-10(8-13)7-11(14)9-15-12/h7,9H,2-6,8H2,1H3. The number of anilines is 1. The van der Waals surface area contributed by atoms with E-state index in [1.54, 1.807) is 0 Å². The number of pyridine rings is 1. The summed E-state index contributed by atoms with van der Waals surface area (Å²) < 4.78 is 13.1. The summed E-state index contributed by atoms with van der Waals surface area (Å²) in [5.41, 5.74) is 0.774. The largest absolute Gasteiger partial charge is 0.355 e. The molecule has 0 saturated carbocycles. The molecule has 0 aromatic carbocycles. The molecular formula is C12H17ClFN3. The van der Waals surface area contributed by atoms with Gasteiger partial charge in [-0.25, -0.2) is 9.37 Å². The number of hydrogen-bond donors (Lipinski definition) is 0. The van der Waals surface area contributed by atoms with Crippen molar-refractivity contribution in [2.45, 2.75) is 12.3 Å². The molecule has 0 spiro atoms. The van der Waals surface area contributed by atoms with Crippen LogP contribution >= 0.6 is 11.6 Å². The van der Waals surface area contributed by atoms with E-state index in [-0.39, 0.29) is 5.82 Å². The maximum Gasteiger partial charge on any atom is 0.141 e. The van der Waals surface area contributed by atoms with E-state index in [2.05, 4.69) is 21.8 Å². The minimum absolute atomic E-state index is 0.298. The molecular weight excluding hydrogens is 241 g/mol. The Labute approximate surface area is 106 Å². The van der Waals surface area contributed by atoms with E-state index in [4.69, 9.17) is 11.6 Å². The molecule has 1 aliphatic rings. The van der Waals surface area contributed by atoms with E-state index >= 15 is 0 Å². The van der Waals surface area contributed by atoms with Crippen molar-refractivity contribution in [3.8, 4) is 0 Å². The molecule has 0 bridgehead atoms. The summed E-state index contributed by atoms with van der Waals surface area (Å²) >= 11 is 5.85. The number of alkyl halides is 1. The fraction of sp³-hybridized carbons (Fsp3) is 0.583. The van der Waals surface area contributed by atoms with Crippen molar-refractivity contribution in [1.82, 2.24) is 9.88 Å². The monoisotopic (exact) mass is 257 g/mol. The second-order valence-corrected chi connectivity index (χ2v) is 4.68. The lowest BCUT2D eigenvalue weighted by molar-refractivity contribution is 0.360. The van der Waals surface area contributed by atoms with Crippen LogP contribution in [0.25, 0.3) is 0 Å². The predicted octanol–water partition coefficient (Wildman–Crippen LogP) is 2.10. The summed E-state index contributed by atoms with van der Waals surface area (Å²) in [4.78, 5) is 8.68. The number of nitrogens with zero attached hydrogens (tertiary/aromatic N) is 3. The molecule has 0 N–H and O–H groups in total. The summed E-state index contributed by atoms with van der Waals surface area (Å²) in [5.74, 6) is 0.805. The van der Waals surface area contributed by atoms with Gasteiger partial charge >= 0.3 is 0 Å². The van der Waals surface area contributed by atoms with Gasteiger partial charge in [-0.15, -0.1) is 11.6 Å². The van der Waals surface area contributed by atoms with Gasteiger partial charge in [0, 0.05) is 25.2 Å². The Hall–Kier alpha value is -0.870. The van der Waals surface area contributed by atoms with Crippen LogP contribution in [0, 0.1) is 5.82 Å². The lowest BCUT2D eigenvalue weighted by atomic mass is 10.2. The maximum atomic E-state index is 13.1. The van der Waals surface area contributed by atoms with Crippen molar-refractivity contribution >= 4 is 17.4 Å². The first-order chi connectivity index (χ1) is 8.20. The number of halogens is 2. The first kappa shape index (κ1) is 12.6. The van der Waals surface area contributed by atoms with E-state index in [0.717, 1.165) is 44.0 Å². The van der Waals surface area contributed by atoms with Gasteiger partial charge in [-0.05, 0) is 26.1 Å². The molecule has 1 fully saturated rings. The Balaban J connectivity index is 2.20. The number of rotatable bonds is 2. The van der Waals surface area contributed by atoms with Gasteiger partial charge in [0.25, 0.3) is 0 Å². The minimum Gasteiger partial charge on any atom is -0.355 e. The topological polar surface area (TPSA) is 19.4 Å². The molecule has 2 heterocycles. The van der Waals surface area contributed by atoms with Crippen LogP contribution in [0.15, 0.2) is 12.3 Å². The molecule has 0 atom stereocenters. The molecule has 94 valence electrons. The Morgan fingerprint density at radius 1 is 1.35 bits per heavy atom. The Morgan fingerprint density at radius 3 is 2.94 bits per heavy atom. The van der Waals surface area contributed by atoms with Crippen LogP contribution in [-0.2, 0) is 5.88 Å². The summed E-state index contributed by atoms with van der Waals surface area (Å²) in [6.07, 6.45) is 2.36. The maximum absolute atomic E-state index is 13.1. The van der Waals surface area contributed by atoms with Gasteiger partial charge in [-0.3, -0.25) is 0 Å². The van der Waals surface area contributed by atoms with Gasteiger partial charge in [0.1, 0.15) is 11.6 Å². The van der Waals surface area contributed by atoms with Gasteiger partial charge < -0.3 is 9.80 Å². The number of likely N-dealkylation sites (N-methyl/N-ethyl adjacent to an activating group) is 1. The smallest absolute Gasteiger partial charge is 0.141 e. The Morgan fingerprint density at radius 2 is 2.18 bits per heavy atom. The Kier molecular flexibility index (Phi) is 4.18. The van der Waals surface area contributed by atoms with Gasteiger partial charge in [-0.1, -0.05) is 0 Å². The second kappa shape index (κ2) is 5.65. The summed E-state index contributed by atoms with van der Waals surface area (Å²) in [5, 5.41) is 0. The van der Waals surface area contributed by atoms with Crippen molar-refractivity contribution in [1.29, 1.82) is 0 Å². The van der Waals surface area contributed by atoms with E-state index in [1.165, 1.54) is 12.3 Å². The first-order valence-electron chi connectivity index (χ1n) is 5.84. The average molecular weight is 258 g/mol. The fourth-order valence-electron chi connectivity index (χ4n) is 2.12. The van der Waals surface area contributed by atoms with E-state index in [1.807, 2.05) is 0 Å². The molecule has 1 aliphatic heterocycles. The van der Waals surface area contributed by atoms with Crippen molar-refractivity contribution in [2.75, 3.05) is 38.1 Å². The highest BCUT2D eigenvalue weighted by atomic mass is 35.5. The van der Waals surface area contributed by atoms with E-state index in [0.29, 0.717) is 5.88 Å². The van der Waals surface area contributed by atoms with Gasteiger partial charge in [-0.2, -0.15) is 0 Å². The summed E-state index contributed by atoms with van der Waals surface area (Å²) in [7, 11) is 2.12. The third kappa shape index (κ3) is 3.07. The van der Waals surface area contributed by atoms with Crippen molar-refractivity contribution < 1.29 is 4.39 Å². The van der Waals surface area contributed by atoms with Gasteiger partial charge in [0.05, 0.1) is 12.1 Å². The van der Waals surface area contributed by atoms with Crippen LogP contribution in [-0.4, -0.2) is 43.1 Å². The van der Waals surface area contributed by atoms with Crippen LogP contribution in [0.5, 0.6) is 0 Å². The highest BCUT2D eigenvalue weighted by molar-refractivity contribution is 6.17. The molecule has 5 heteroatoms. The Bertz CT molecular complexity index is 386. The predicted molar refractivity (Wildman–Crippen MR) is 68.1 cm³/mol. The fourth-order valence-corrected chi connectivity index (χ4v) is 2.31. The van der Waals surface area contributed by atoms with Crippen molar-refractivity contribution in [2.24, 2.45) is 0 Å². The van der Waals surface area contributed by atoms with Crippen LogP contribution in [0.2, 0.25) is 0 Å². The zero-order chi connectivity index (χ0) is 12.3. The van der Waals surface area contributed by atoms with E-state index < -0.39 is 0 Å². The number of hydrogen-bond acceptors (Lipinski definition) is 3. The molecule has 0 unspecified atom stereocenters. The minimum atomic E-state index is -0.323. The van der Waals surface area contributed by atoms with Crippen molar-refractivity contribution in [3.63, 3.8) is 0 Å². The molecule has 0 radical (unpaired) electrons. The quantitative estimate of drug-likeness (QED) is 0.757. The van der Waals surface area contributed by atoms with Gasteiger partial charge in [0.15, 0.2) is 0 Å². The van der Waals surface area contributed by atoms with Crippen LogP contribution in [0.3, 0.4) is 0 Å².